The summed E-state index contributed by atoms with van der Waals surface area (Å²) >= 11 is 1.23. The summed E-state index contributed by atoms with van der Waals surface area (Å²) in [5.74, 6) is -0.674. The molecule has 0 spiro atoms. The Labute approximate surface area is 179 Å². The van der Waals surface area contributed by atoms with Crippen molar-refractivity contribution in [3.63, 3.8) is 0 Å². The Morgan fingerprint density at radius 3 is 2.20 bits per heavy atom. The molecular weight excluding hydrogens is 402 g/mol. The second-order valence-corrected chi connectivity index (χ2v) is 9.40. The first kappa shape index (κ1) is 21.7. The fourth-order valence-corrected chi connectivity index (χ4v) is 3.89. The lowest BCUT2D eigenvalue weighted by Gasteiger charge is -2.16. The molecule has 30 heavy (non-hydrogen) atoms. The van der Waals surface area contributed by atoms with Crippen LogP contribution in [0.1, 0.15) is 54.4 Å². The molecular formula is C22H25N3O4S. The van der Waals surface area contributed by atoms with E-state index in [1.807, 2.05) is 27.7 Å². The van der Waals surface area contributed by atoms with Crippen LogP contribution in [0.2, 0.25) is 0 Å². The van der Waals surface area contributed by atoms with Gasteiger partial charge in [0.05, 0.1) is 16.4 Å². The van der Waals surface area contributed by atoms with Crippen LogP contribution in [0.3, 0.4) is 0 Å². The molecule has 4 amide bonds. The highest BCUT2D eigenvalue weighted by molar-refractivity contribution is 7.18. The number of carbonyl (C=O) groups excluding carboxylic acids is 4. The van der Waals surface area contributed by atoms with Gasteiger partial charge in [-0.15, -0.1) is 11.3 Å². The lowest BCUT2D eigenvalue weighted by Crippen LogP contribution is -2.28. The number of likely N-dealkylation sites (tertiary alicyclic amines) is 1. The van der Waals surface area contributed by atoms with Gasteiger partial charge in [-0.3, -0.25) is 24.1 Å². The number of hydrogen-bond donors (Lipinski definition) is 2. The van der Waals surface area contributed by atoms with Gasteiger partial charge in [-0.2, -0.15) is 0 Å². The monoisotopic (exact) mass is 427 g/mol. The van der Waals surface area contributed by atoms with Gasteiger partial charge < -0.3 is 10.6 Å². The smallest absolute Gasteiger partial charge is 0.266 e. The molecule has 7 nitrogen and oxygen atoms in total. The third-order valence-electron chi connectivity index (χ3n) is 4.75. The number of nitrogens with zero attached hydrogens (tertiary/aromatic N) is 1. The summed E-state index contributed by atoms with van der Waals surface area (Å²) < 4.78 is 0. The number of anilines is 2. The van der Waals surface area contributed by atoms with Gasteiger partial charge >= 0.3 is 0 Å². The minimum atomic E-state index is -0.521. The number of thiophene rings is 1. The largest absolute Gasteiger partial charge is 0.321 e. The zero-order valence-corrected chi connectivity index (χ0v) is 18.3. The molecule has 8 heteroatoms. The van der Waals surface area contributed by atoms with Crippen LogP contribution < -0.4 is 10.6 Å². The first-order chi connectivity index (χ1) is 14.0. The summed E-state index contributed by atoms with van der Waals surface area (Å²) in [6, 6.07) is 8.83. The lowest BCUT2D eigenvalue weighted by atomic mass is 9.96. The zero-order chi connectivity index (χ0) is 22.1. The maximum absolute atomic E-state index is 12.7. The van der Waals surface area contributed by atoms with Gasteiger partial charge in [0.15, 0.2) is 0 Å². The molecule has 0 saturated carbocycles. The maximum Gasteiger partial charge on any atom is 0.266 e. The predicted octanol–water partition coefficient (Wildman–Crippen LogP) is 3.94. The summed E-state index contributed by atoms with van der Waals surface area (Å²) in [6.07, 6.45) is 0.538. The van der Waals surface area contributed by atoms with Gasteiger partial charge in [0, 0.05) is 23.9 Å². The topological polar surface area (TPSA) is 95.6 Å². The van der Waals surface area contributed by atoms with Gasteiger partial charge in [0.2, 0.25) is 17.7 Å². The van der Waals surface area contributed by atoms with Crippen LogP contribution in [0.15, 0.2) is 30.3 Å². The maximum atomic E-state index is 12.7. The van der Waals surface area contributed by atoms with Crippen LogP contribution in [0, 0.1) is 12.3 Å². The first-order valence-corrected chi connectivity index (χ1v) is 10.5. The molecule has 0 unspecified atom stereocenters. The lowest BCUT2D eigenvalue weighted by molar-refractivity contribution is -0.139. The highest BCUT2D eigenvalue weighted by Crippen LogP contribution is 2.29. The Bertz CT molecular complexity index is 986. The van der Waals surface area contributed by atoms with E-state index >= 15 is 0 Å². The summed E-state index contributed by atoms with van der Waals surface area (Å²) in [5.41, 5.74) is 1.68. The molecule has 158 valence electrons. The first-order valence-electron chi connectivity index (χ1n) is 9.70. The molecule has 1 aromatic carbocycles. The summed E-state index contributed by atoms with van der Waals surface area (Å²) in [5, 5.41) is 6.33. The molecule has 3 rings (SSSR count). The fourth-order valence-electron chi connectivity index (χ4n) is 2.93. The highest BCUT2D eigenvalue weighted by atomic mass is 32.1. The van der Waals surface area contributed by atoms with Crippen molar-refractivity contribution in [1.82, 2.24) is 4.90 Å². The van der Waals surface area contributed by atoms with E-state index < -0.39 is 5.41 Å². The van der Waals surface area contributed by atoms with E-state index in [9.17, 15) is 19.2 Å². The Kier molecular flexibility index (Phi) is 6.07. The molecule has 0 aliphatic carbocycles. The Morgan fingerprint density at radius 2 is 1.63 bits per heavy atom. The number of rotatable bonds is 5. The van der Waals surface area contributed by atoms with Gasteiger partial charge in [0.25, 0.3) is 5.91 Å². The summed E-state index contributed by atoms with van der Waals surface area (Å²) in [7, 11) is 0. The number of carbonyl (C=O) groups is 4. The molecule has 1 aromatic heterocycles. The molecule has 0 atom stereocenters. The second kappa shape index (κ2) is 8.39. The number of nitrogens with one attached hydrogen (secondary N) is 2. The average Bonchev–Trinajstić information content (AvgIpc) is 3.19. The number of imide groups is 1. The molecule has 2 N–H and O–H groups in total. The van der Waals surface area contributed by atoms with E-state index in [0.717, 1.165) is 11.1 Å². The minimum Gasteiger partial charge on any atom is -0.321 e. The van der Waals surface area contributed by atoms with Crippen molar-refractivity contribution < 1.29 is 19.2 Å². The van der Waals surface area contributed by atoms with Crippen LogP contribution in [-0.2, 0) is 20.9 Å². The molecule has 1 saturated heterocycles. The fraction of sp³-hybridized carbons (Fsp3) is 0.364. The minimum absolute atomic E-state index is 0.110. The van der Waals surface area contributed by atoms with E-state index in [-0.39, 0.29) is 43.0 Å². The Hall–Kier alpha value is -3.00. The van der Waals surface area contributed by atoms with E-state index in [0.29, 0.717) is 15.6 Å². The highest BCUT2D eigenvalue weighted by Gasteiger charge is 2.28. The zero-order valence-electron chi connectivity index (χ0n) is 17.5. The third-order valence-corrected chi connectivity index (χ3v) is 5.90. The Balaban J connectivity index is 1.64. The van der Waals surface area contributed by atoms with Gasteiger partial charge in [-0.05, 0) is 36.2 Å². The van der Waals surface area contributed by atoms with Crippen molar-refractivity contribution in [3.05, 3.63) is 46.3 Å². The van der Waals surface area contributed by atoms with E-state index in [1.54, 1.807) is 30.3 Å². The van der Waals surface area contributed by atoms with Crippen LogP contribution in [-0.4, -0.2) is 28.5 Å². The van der Waals surface area contributed by atoms with Gasteiger partial charge in [0.1, 0.15) is 0 Å². The van der Waals surface area contributed by atoms with Crippen molar-refractivity contribution in [2.24, 2.45) is 5.41 Å². The number of hydrogen-bond acceptors (Lipinski definition) is 5. The number of aryl methyl sites for hydroxylation is 1. The summed E-state index contributed by atoms with van der Waals surface area (Å²) in [6.45, 7) is 7.55. The van der Waals surface area contributed by atoms with E-state index in [4.69, 9.17) is 0 Å². The number of benzene rings is 1. The third kappa shape index (κ3) is 4.94. The van der Waals surface area contributed by atoms with Crippen molar-refractivity contribution in [2.45, 2.75) is 47.1 Å². The van der Waals surface area contributed by atoms with Crippen molar-refractivity contribution in [1.29, 1.82) is 0 Å². The van der Waals surface area contributed by atoms with Crippen LogP contribution in [0.4, 0.5) is 10.7 Å². The van der Waals surface area contributed by atoms with Crippen molar-refractivity contribution in [3.8, 4) is 0 Å². The SMILES string of the molecule is Cc1cc(NC(=O)C(C)(C)C)sc1C(=O)Nc1ccc(CN2C(=O)CCC2=O)cc1. The Morgan fingerprint density at radius 1 is 1.03 bits per heavy atom. The van der Waals surface area contributed by atoms with Crippen LogP contribution in [0.25, 0.3) is 0 Å². The van der Waals surface area contributed by atoms with Gasteiger partial charge in [-0.25, -0.2) is 0 Å². The predicted molar refractivity (Wildman–Crippen MR) is 116 cm³/mol. The molecule has 0 radical (unpaired) electrons. The standard InChI is InChI=1S/C22H25N3O4S/c1-13-11-16(24-21(29)22(2,3)4)30-19(13)20(28)23-15-7-5-14(6-8-15)12-25-17(26)9-10-18(25)27/h5-8,11H,9-10,12H2,1-4H3,(H,23,28)(H,24,29). The van der Waals surface area contributed by atoms with E-state index in [1.165, 1.54) is 16.2 Å². The van der Waals surface area contributed by atoms with Crippen LogP contribution >= 0.6 is 11.3 Å². The molecule has 0 bridgehead atoms. The van der Waals surface area contributed by atoms with Crippen LogP contribution in [0.5, 0.6) is 0 Å². The van der Waals surface area contributed by atoms with Crippen molar-refractivity contribution in [2.75, 3.05) is 10.6 Å². The molecule has 2 heterocycles. The quantitative estimate of drug-likeness (QED) is 0.707. The summed E-state index contributed by atoms with van der Waals surface area (Å²) in [4.78, 5) is 50.1. The molecule has 1 aliphatic rings. The van der Waals surface area contributed by atoms with E-state index in [2.05, 4.69) is 10.6 Å². The molecule has 1 fully saturated rings. The van der Waals surface area contributed by atoms with Crippen molar-refractivity contribution >= 4 is 45.7 Å². The average molecular weight is 428 g/mol. The molecule has 2 aromatic rings. The molecule has 1 aliphatic heterocycles. The second-order valence-electron chi connectivity index (χ2n) is 8.35. The normalized spacial score (nSPS) is 14.2. The number of amides is 4. The van der Waals surface area contributed by atoms with Gasteiger partial charge in [-0.1, -0.05) is 32.9 Å².